The number of aromatic nitrogens is 3. The summed E-state index contributed by atoms with van der Waals surface area (Å²) in [6.45, 7) is 1.77. The average molecular weight is 361 g/mol. The summed E-state index contributed by atoms with van der Waals surface area (Å²) in [5, 5.41) is 13.0. The van der Waals surface area contributed by atoms with E-state index in [0.29, 0.717) is 31.0 Å². The molecule has 0 aromatic carbocycles. The number of rotatable bonds is 1. The van der Waals surface area contributed by atoms with Crippen molar-refractivity contribution in [1.82, 2.24) is 19.7 Å². The highest BCUT2D eigenvalue weighted by Crippen LogP contribution is 2.22. The number of nitrogens with zero attached hydrogens (tertiary/aromatic N) is 6. The largest absolute Gasteiger partial charge is 0.325 e. The summed E-state index contributed by atoms with van der Waals surface area (Å²) in [5.74, 6) is 0.516. The number of fused-ring (bicyclic) bond motifs is 1. The number of hydrogen-bond donors (Lipinski definition) is 0. The minimum Gasteiger partial charge on any atom is -0.317 e. The molecule has 22 heavy (non-hydrogen) atoms. The Kier molecular flexibility index (Phi) is 3.81. The standard InChI is InChI=1S/C14H13BrN6O/c1-19(13-3-2-10(6-16)7-17-13)14(22)20-4-5-21-12(9-20)11(15)8-18-21/h2-3,7-8H,4-5,9H2,1H3. The average Bonchev–Trinajstić information content (AvgIpc) is 2.94. The Morgan fingerprint density at radius 3 is 2.91 bits per heavy atom. The van der Waals surface area contributed by atoms with Gasteiger partial charge in [-0.1, -0.05) is 0 Å². The van der Waals surface area contributed by atoms with Crippen molar-refractivity contribution in [3.63, 3.8) is 0 Å². The van der Waals surface area contributed by atoms with Gasteiger partial charge in [-0.25, -0.2) is 9.78 Å². The van der Waals surface area contributed by atoms with Gasteiger partial charge < -0.3 is 4.90 Å². The van der Waals surface area contributed by atoms with Crippen molar-refractivity contribution in [3.8, 4) is 6.07 Å². The summed E-state index contributed by atoms with van der Waals surface area (Å²) < 4.78 is 2.80. The van der Waals surface area contributed by atoms with E-state index in [2.05, 4.69) is 26.0 Å². The van der Waals surface area contributed by atoms with Crippen LogP contribution in [0.2, 0.25) is 0 Å². The molecule has 2 aromatic heterocycles. The van der Waals surface area contributed by atoms with E-state index in [1.54, 1.807) is 30.3 Å². The molecule has 112 valence electrons. The quantitative estimate of drug-likeness (QED) is 0.778. The molecule has 0 unspecified atom stereocenters. The first-order valence-electron chi connectivity index (χ1n) is 6.69. The molecule has 1 aliphatic heterocycles. The zero-order valence-corrected chi connectivity index (χ0v) is 13.5. The van der Waals surface area contributed by atoms with Crippen LogP contribution in [0.25, 0.3) is 0 Å². The van der Waals surface area contributed by atoms with Gasteiger partial charge in [-0.3, -0.25) is 9.58 Å². The van der Waals surface area contributed by atoms with Crippen molar-refractivity contribution in [3.05, 3.63) is 40.3 Å². The van der Waals surface area contributed by atoms with Gasteiger partial charge in [0.15, 0.2) is 0 Å². The molecule has 0 spiro atoms. The van der Waals surface area contributed by atoms with Crippen LogP contribution < -0.4 is 4.90 Å². The van der Waals surface area contributed by atoms with Gasteiger partial charge in [0.25, 0.3) is 0 Å². The lowest BCUT2D eigenvalue weighted by Gasteiger charge is -2.31. The second kappa shape index (κ2) is 5.77. The van der Waals surface area contributed by atoms with E-state index in [1.165, 1.54) is 11.1 Å². The van der Waals surface area contributed by atoms with Gasteiger partial charge in [-0.2, -0.15) is 10.4 Å². The molecule has 0 N–H and O–H groups in total. The highest BCUT2D eigenvalue weighted by atomic mass is 79.9. The first kappa shape index (κ1) is 14.5. The number of carbonyl (C=O) groups is 1. The molecule has 1 aliphatic rings. The lowest BCUT2D eigenvalue weighted by molar-refractivity contribution is 0.188. The Bertz CT molecular complexity index is 748. The fourth-order valence-electron chi connectivity index (χ4n) is 2.34. The van der Waals surface area contributed by atoms with Gasteiger partial charge in [0.2, 0.25) is 0 Å². The maximum absolute atomic E-state index is 12.6. The molecule has 0 fully saturated rings. The van der Waals surface area contributed by atoms with Crippen LogP contribution in [-0.4, -0.2) is 39.3 Å². The van der Waals surface area contributed by atoms with Gasteiger partial charge in [-0.05, 0) is 28.1 Å². The van der Waals surface area contributed by atoms with Gasteiger partial charge >= 0.3 is 6.03 Å². The normalized spacial score (nSPS) is 13.4. The van der Waals surface area contributed by atoms with E-state index in [-0.39, 0.29) is 6.03 Å². The minimum atomic E-state index is -0.128. The van der Waals surface area contributed by atoms with E-state index < -0.39 is 0 Å². The van der Waals surface area contributed by atoms with Crippen LogP contribution in [-0.2, 0) is 13.1 Å². The third kappa shape index (κ3) is 2.55. The number of amides is 2. The van der Waals surface area contributed by atoms with Crippen LogP contribution in [0.15, 0.2) is 29.0 Å². The number of pyridine rings is 1. The predicted octanol–water partition coefficient (Wildman–Crippen LogP) is 1.98. The molecule has 0 bridgehead atoms. The van der Waals surface area contributed by atoms with E-state index in [1.807, 2.05) is 10.8 Å². The summed E-state index contributed by atoms with van der Waals surface area (Å²) >= 11 is 3.45. The number of nitriles is 1. The number of carbonyl (C=O) groups excluding carboxylic acids is 1. The van der Waals surface area contributed by atoms with E-state index >= 15 is 0 Å². The molecule has 8 heteroatoms. The van der Waals surface area contributed by atoms with Crippen molar-refractivity contribution < 1.29 is 4.79 Å². The van der Waals surface area contributed by atoms with Crippen molar-refractivity contribution in [2.75, 3.05) is 18.5 Å². The number of halogens is 1. The zero-order chi connectivity index (χ0) is 15.7. The second-order valence-electron chi connectivity index (χ2n) is 4.94. The van der Waals surface area contributed by atoms with Crippen molar-refractivity contribution >= 4 is 27.8 Å². The topological polar surface area (TPSA) is 78.0 Å². The highest BCUT2D eigenvalue weighted by molar-refractivity contribution is 9.10. The van der Waals surface area contributed by atoms with E-state index in [4.69, 9.17) is 5.26 Å². The molecule has 0 saturated heterocycles. The molecular formula is C14H13BrN6O. The number of urea groups is 1. The Balaban J connectivity index is 1.76. The van der Waals surface area contributed by atoms with Crippen LogP contribution >= 0.6 is 15.9 Å². The van der Waals surface area contributed by atoms with Crippen LogP contribution in [0.3, 0.4) is 0 Å². The fourth-order valence-corrected chi connectivity index (χ4v) is 2.76. The Morgan fingerprint density at radius 1 is 1.41 bits per heavy atom. The van der Waals surface area contributed by atoms with Crippen LogP contribution in [0.4, 0.5) is 10.6 Å². The summed E-state index contributed by atoms with van der Waals surface area (Å²) in [6, 6.07) is 5.19. The van der Waals surface area contributed by atoms with Gasteiger partial charge in [0.05, 0.1) is 35.0 Å². The lowest BCUT2D eigenvalue weighted by Crippen LogP contribution is -2.45. The number of anilines is 1. The summed E-state index contributed by atoms with van der Waals surface area (Å²) in [7, 11) is 1.68. The van der Waals surface area contributed by atoms with Crippen molar-refractivity contribution in [2.24, 2.45) is 0 Å². The third-order valence-electron chi connectivity index (χ3n) is 3.60. The Labute approximate surface area is 135 Å². The SMILES string of the molecule is CN(C(=O)N1CCn2ncc(Br)c2C1)c1ccc(C#N)cn1. The molecule has 0 aliphatic carbocycles. The van der Waals surface area contributed by atoms with Crippen molar-refractivity contribution in [2.45, 2.75) is 13.1 Å². The summed E-state index contributed by atoms with van der Waals surface area (Å²) in [5.41, 5.74) is 1.45. The molecule has 3 rings (SSSR count). The first-order valence-corrected chi connectivity index (χ1v) is 7.48. The molecule has 3 heterocycles. The smallest absolute Gasteiger partial charge is 0.317 e. The Morgan fingerprint density at radius 2 is 2.23 bits per heavy atom. The van der Waals surface area contributed by atoms with Gasteiger partial charge in [0.1, 0.15) is 11.9 Å². The molecule has 0 radical (unpaired) electrons. The third-order valence-corrected chi connectivity index (χ3v) is 4.26. The maximum Gasteiger partial charge on any atom is 0.325 e. The Hall–Kier alpha value is -2.40. The first-order chi connectivity index (χ1) is 10.6. The molecule has 7 nitrogen and oxygen atoms in total. The monoisotopic (exact) mass is 360 g/mol. The highest BCUT2D eigenvalue weighted by Gasteiger charge is 2.26. The second-order valence-corrected chi connectivity index (χ2v) is 5.80. The van der Waals surface area contributed by atoms with Crippen molar-refractivity contribution in [1.29, 1.82) is 5.26 Å². The van der Waals surface area contributed by atoms with Gasteiger partial charge in [0, 0.05) is 19.8 Å². The number of hydrogen-bond acceptors (Lipinski definition) is 4. The minimum absolute atomic E-state index is 0.128. The predicted molar refractivity (Wildman–Crippen MR) is 83.1 cm³/mol. The fraction of sp³-hybridized carbons (Fsp3) is 0.286. The van der Waals surface area contributed by atoms with E-state index in [0.717, 1.165) is 10.2 Å². The van der Waals surface area contributed by atoms with Crippen LogP contribution in [0.1, 0.15) is 11.3 Å². The molecule has 0 saturated carbocycles. The summed E-state index contributed by atoms with van der Waals surface area (Å²) in [4.78, 5) is 20.0. The van der Waals surface area contributed by atoms with Crippen LogP contribution in [0, 0.1) is 11.3 Å². The molecule has 2 amide bonds. The van der Waals surface area contributed by atoms with E-state index in [9.17, 15) is 4.79 Å². The molecular weight excluding hydrogens is 348 g/mol. The molecule has 2 aromatic rings. The van der Waals surface area contributed by atoms with Crippen LogP contribution in [0.5, 0.6) is 0 Å². The maximum atomic E-state index is 12.6. The zero-order valence-electron chi connectivity index (χ0n) is 11.9. The van der Waals surface area contributed by atoms with Gasteiger partial charge in [-0.15, -0.1) is 0 Å². The summed E-state index contributed by atoms with van der Waals surface area (Å²) in [6.07, 6.45) is 3.20. The molecule has 0 atom stereocenters. The lowest BCUT2D eigenvalue weighted by atomic mass is 10.3.